The number of benzene rings is 1. The first kappa shape index (κ1) is 15.0. The first-order valence-electron chi connectivity index (χ1n) is 6.69. The molecule has 0 saturated heterocycles. The number of hydrogen-bond acceptors (Lipinski definition) is 3. The summed E-state index contributed by atoms with van der Waals surface area (Å²) in [7, 11) is 0. The van der Waals surface area contributed by atoms with Crippen LogP contribution >= 0.6 is 0 Å². The lowest BCUT2D eigenvalue weighted by molar-refractivity contribution is 0.111. The lowest BCUT2D eigenvalue weighted by atomic mass is 10.1. The molecular weight excluding hydrogens is 226 g/mol. The van der Waals surface area contributed by atoms with Gasteiger partial charge >= 0.3 is 0 Å². The third-order valence-corrected chi connectivity index (χ3v) is 2.76. The van der Waals surface area contributed by atoms with Crippen molar-refractivity contribution in [2.75, 3.05) is 19.8 Å². The lowest BCUT2D eigenvalue weighted by Gasteiger charge is -2.14. The monoisotopic (exact) mass is 251 g/mol. The Hall–Kier alpha value is -1.06. The molecule has 1 rings (SSSR count). The standard InChI is InChI=1S/C15H25NO2/c1-4-18-14-7-5-13(6-8-14)15(16)11-17-10-9-12(2)3/h5-8,12,15H,4,9-11,16H2,1-3H3. The molecule has 1 aromatic rings. The molecule has 1 atom stereocenters. The van der Waals surface area contributed by atoms with Crippen molar-refractivity contribution >= 4 is 0 Å². The largest absolute Gasteiger partial charge is 0.494 e. The Bertz CT molecular complexity index is 322. The van der Waals surface area contributed by atoms with Crippen LogP contribution in [0.5, 0.6) is 5.75 Å². The van der Waals surface area contributed by atoms with Crippen LogP contribution in [0.3, 0.4) is 0 Å². The number of hydrogen-bond donors (Lipinski definition) is 1. The zero-order valence-electron chi connectivity index (χ0n) is 11.7. The minimum absolute atomic E-state index is 0.0622. The van der Waals surface area contributed by atoms with Gasteiger partial charge in [-0.2, -0.15) is 0 Å². The number of nitrogens with two attached hydrogens (primary N) is 1. The van der Waals surface area contributed by atoms with Gasteiger partial charge in [0.1, 0.15) is 5.75 Å². The number of ether oxygens (including phenoxy) is 2. The van der Waals surface area contributed by atoms with Crippen molar-refractivity contribution in [3.63, 3.8) is 0 Å². The van der Waals surface area contributed by atoms with Crippen molar-refractivity contribution in [3.05, 3.63) is 29.8 Å². The van der Waals surface area contributed by atoms with Crippen LogP contribution in [0.2, 0.25) is 0 Å². The van der Waals surface area contributed by atoms with Crippen LogP contribution in [0.1, 0.15) is 38.8 Å². The number of rotatable bonds is 8. The molecule has 102 valence electrons. The van der Waals surface area contributed by atoms with E-state index in [4.69, 9.17) is 15.2 Å². The Morgan fingerprint density at radius 1 is 1.17 bits per heavy atom. The minimum Gasteiger partial charge on any atom is -0.494 e. The van der Waals surface area contributed by atoms with Gasteiger partial charge in [-0.1, -0.05) is 26.0 Å². The molecule has 0 aliphatic rings. The van der Waals surface area contributed by atoms with Gasteiger partial charge in [0.2, 0.25) is 0 Å². The van der Waals surface area contributed by atoms with Gasteiger partial charge in [0.15, 0.2) is 0 Å². The van der Waals surface area contributed by atoms with Crippen LogP contribution in [-0.2, 0) is 4.74 Å². The van der Waals surface area contributed by atoms with Gasteiger partial charge in [0.25, 0.3) is 0 Å². The Labute approximate surface area is 110 Å². The summed E-state index contributed by atoms with van der Waals surface area (Å²) in [6, 6.07) is 7.84. The van der Waals surface area contributed by atoms with Gasteiger partial charge in [-0.3, -0.25) is 0 Å². The predicted molar refractivity (Wildman–Crippen MR) is 74.8 cm³/mol. The van der Waals surface area contributed by atoms with E-state index < -0.39 is 0 Å². The first-order chi connectivity index (χ1) is 8.63. The van der Waals surface area contributed by atoms with Crippen molar-refractivity contribution in [3.8, 4) is 5.75 Å². The molecule has 0 radical (unpaired) electrons. The average Bonchev–Trinajstić information content (AvgIpc) is 2.35. The van der Waals surface area contributed by atoms with Crippen LogP contribution in [-0.4, -0.2) is 19.8 Å². The summed E-state index contributed by atoms with van der Waals surface area (Å²) in [5.41, 5.74) is 7.16. The molecule has 0 amide bonds. The molecule has 0 aliphatic carbocycles. The summed E-state index contributed by atoms with van der Waals surface area (Å²) in [6.07, 6.45) is 1.08. The molecule has 3 nitrogen and oxygen atoms in total. The highest BCUT2D eigenvalue weighted by Crippen LogP contribution is 2.16. The van der Waals surface area contributed by atoms with E-state index >= 15 is 0 Å². The Balaban J connectivity index is 2.34. The second-order valence-corrected chi connectivity index (χ2v) is 4.87. The predicted octanol–water partition coefficient (Wildman–Crippen LogP) is 3.15. The summed E-state index contributed by atoms with van der Waals surface area (Å²) >= 11 is 0. The summed E-state index contributed by atoms with van der Waals surface area (Å²) in [5.74, 6) is 1.56. The lowest BCUT2D eigenvalue weighted by Crippen LogP contribution is -2.17. The highest BCUT2D eigenvalue weighted by atomic mass is 16.5. The molecule has 2 N–H and O–H groups in total. The third-order valence-electron chi connectivity index (χ3n) is 2.76. The minimum atomic E-state index is -0.0622. The molecule has 0 spiro atoms. The second-order valence-electron chi connectivity index (χ2n) is 4.87. The van der Waals surface area contributed by atoms with E-state index in [-0.39, 0.29) is 6.04 Å². The maximum Gasteiger partial charge on any atom is 0.119 e. The smallest absolute Gasteiger partial charge is 0.119 e. The zero-order chi connectivity index (χ0) is 13.4. The molecule has 0 saturated carbocycles. The maximum atomic E-state index is 6.07. The fourth-order valence-corrected chi connectivity index (χ4v) is 1.60. The van der Waals surface area contributed by atoms with Crippen LogP contribution < -0.4 is 10.5 Å². The zero-order valence-corrected chi connectivity index (χ0v) is 11.7. The van der Waals surface area contributed by atoms with Gasteiger partial charge < -0.3 is 15.2 Å². The highest BCUT2D eigenvalue weighted by Gasteiger charge is 2.06. The van der Waals surface area contributed by atoms with Crippen molar-refractivity contribution in [1.82, 2.24) is 0 Å². The summed E-state index contributed by atoms with van der Waals surface area (Å²) in [5, 5.41) is 0. The third kappa shape index (κ3) is 5.52. The Morgan fingerprint density at radius 3 is 2.39 bits per heavy atom. The molecule has 1 unspecified atom stereocenters. The van der Waals surface area contributed by atoms with Crippen molar-refractivity contribution in [2.45, 2.75) is 33.2 Å². The maximum absolute atomic E-state index is 6.07. The second kappa shape index (κ2) is 8.11. The van der Waals surface area contributed by atoms with Gasteiger partial charge in [0.05, 0.1) is 19.3 Å². The topological polar surface area (TPSA) is 44.5 Å². The molecule has 0 heterocycles. The van der Waals surface area contributed by atoms with E-state index in [1.807, 2.05) is 31.2 Å². The van der Waals surface area contributed by atoms with Gasteiger partial charge in [-0.25, -0.2) is 0 Å². The van der Waals surface area contributed by atoms with Crippen molar-refractivity contribution in [1.29, 1.82) is 0 Å². The molecule has 0 fully saturated rings. The molecule has 0 aromatic heterocycles. The summed E-state index contributed by atoms with van der Waals surface area (Å²) < 4.78 is 11.0. The van der Waals surface area contributed by atoms with Crippen molar-refractivity contribution < 1.29 is 9.47 Å². The fraction of sp³-hybridized carbons (Fsp3) is 0.600. The summed E-state index contributed by atoms with van der Waals surface area (Å²) in [4.78, 5) is 0. The van der Waals surface area contributed by atoms with Crippen LogP contribution in [0.4, 0.5) is 0 Å². The molecule has 3 heteroatoms. The van der Waals surface area contributed by atoms with E-state index in [2.05, 4.69) is 13.8 Å². The molecule has 0 bridgehead atoms. The summed E-state index contributed by atoms with van der Waals surface area (Å²) in [6.45, 7) is 8.39. The van der Waals surface area contributed by atoms with E-state index in [9.17, 15) is 0 Å². The molecule has 18 heavy (non-hydrogen) atoms. The quantitative estimate of drug-likeness (QED) is 0.722. The Morgan fingerprint density at radius 2 is 1.83 bits per heavy atom. The van der Waals surface area contributed by atoms with Gasteiger partial charge in [-0.05, 0) is 37.0 Å². The van der Waals surface area contributed by atoms with Crippen LogP contribution in [0, 0.1) is 5.92 Å². The average molecular weight is 251 g/mol. The first-order valence-corrected chi connectivity index (χ1v) is 6.69. The highest BCUT2D eigenvalue weighted by molar-refractivity contribution is 5.29. The molecule has 1 aromatic carbocycles. The van der Waals surface area contributed by atoms with Crippen LogP contribution in [0.25, 0.3) is 0 Å². The Kier molecular flexibility index (Phi) is 6.76. The molecular formula is C15H25NO2. The van der Waals surface area contributed by atoms with E-state index in [0.717, 1.165) is 24.3 Å². The van der Waals surface area contributed by atoms with E-state index in [1.165, 1.54) is 0 Å². The fourth-order valence-electron chi connectivity index (χ4n) is 1.60. The van der Waals surface area contributed by atoms with Gasteiger partial charge in [0, 0.05) is 6.61 Å². The SMILES string of the molecule is CCOc1ccc(C(N)COCCC(C)C)cc1. The van der Waals surface area contributed by atoms with Gasteiger partial charge in [-0.15, -0.1) is 0 Å². The van der Waals surface area contributed by atoms with Crippen LogP contribution in [0.15, 0.2) is 24.3 Å². The van der Waals surface area contributed by atoms with Crippen molar-refractivity contribution in [2.24, 2.45) is 11.7 Å². The van der Waals surface area contributed by atoms with E-state index in [1.54, 1.807) is 0 Å². The molecule has 0 aliphatic heterocycles. The van der Waals surface area contributed by atoms with E-state index in [0.29, 0.717) is 19.1 Å². The normalized spacial score (nSPS) is 12.7.